The first kappa shape index (κ1) is 63.0. The molecule has 1 aromatic heterocycles. The van der Waals surface area contributed by atoms with Crippen LogP contribution in [-0.4, -0.2) is 21.8 Å². The van der Waals surface area contributed by atoms with Crippen LogP contribution >= 0.6 is 0 Å². The number of carbonyl (C=O) groups excluding carboxylic acids is 1. The first-order valence-corrected chi connectivity index (χ1v) is 22.4. The van der Waals surface area contributed by atoms with Gasteiger partial charge in [0.1, 0.15) is 11.8 Å². The molecule has 0 unspecified atom stereocenters. The summed E-state index contributed by atoms with van der Waals surface area (Å²) in [7, 11) is 0. The zero-order valence-corrected chi connectivity index (χ0v) is 40.0. The molecule has 0 fully saturated rings. The van der Waals surface area contributed by atoms with Crippen molar-refractivity contribution in [2.24, 2.45) is 0 Å². The molecular weight excluding hydrogens is 1170 g/mol. The Kier molecular flexibility index (Phi) is 17.2. The van der Waals surface area contributed by atoms with Gasteiger partial charge in [-0.3, -0.25) is 14.9 Å². The van der Waals surface area contributed by atoms with Gasteiger partial charge < -0.3 is 0 Å². The molecule has 7 aromatic rings. The lowest BCUT2D eigenvalue weighted by Crippen LogP contribution is -2.75. The Bertz CT molecular complexity index is 3050. The van der Waals surface area contributed by atoms with E-state index in [0.29, 0.717) is 12.0 Å². The van der Waals surface area contributed by atoms with Crippen LogP contribution in [0, 0.1) is 10.1 Å². The lowest BCUT2D eigenvalue weighted by atomic mass is 9.12. The van der Waals surface area contributed by atoms with Crippen LogP contribution in [0.2, 0.25) is 0 Å². The van der Waals surface area contributed by atoms with E-state index < -0.39 is 200 Å². The lowest BCUT2D eigenvalue weighted by Gasteiger charge is -2.46. The largest absolute Gasteiger partial charge is 0.416 e. The lowest BCUT2D eigenvalue weighted by molar-refractivity contribution is -0.684. The molecule has 0 N–H and O–H groups in total. The normalized spacial score (nSPS) is 13.1. The average molecular weight is 1200 g/mol. The maximum Gasteiger partial charge on any atom is 0.416 e. The summed E-state index contributed by atoms with van der Waals surface area (Å²) in [5, 5.41) is 10.9. The van der Waals surface area contributed by atoms with Crippen molar-refractivity contribution >= 4 is 39.5 Å². The van der Waals surface area contributed by atoms with Crippen LogP contribution in [0.3, 0.4) is 0 Å². The molecule has 0 aliphatic rings. The predicted molar refractivity (Wildman–Crippen MR) is 241 cm³/mol. The van der Waals surface area contributed by atoms with Crippen molar-refractivity contribution in [3.8, 4) is 0 Å². The van der Waals surface area contributed by atoms with Gasteiger partial charge in [-0.2, -0.15) is 132 Å². The van der Waals surface area contributed by atoms with Gasteiger partial charge in [0, 0.05) is 24.1 Å². The standard InChI is InChI=1S/C32H12BF24.C19H16N3O3/c34-25(35,36)13-1-14(26(37,38)39)6-21(5-13)33(22-7-15(27(40,41)42)2-16(8-22)28(43,44)45,23-9-17(29(46,47)48)3-18(10-23)30(49,50)51)24-11-19(31(52,53)54)4-20(12-24)32(55,56)57;23-19(16-6-2-1-3-7-16)14-21-10-9-20-17(13-21)11-15-5-4-8-18(12-15)22(24)25/h1-12H;1-10,12-13H,11,14H2/q-1;+1. The zero-order chi connectivity index (χ0) is 61.6. The number of halogens is 24. The van der Waals surface area contributed by atoms with Crippen LogP contribution in [0.25, 0.3) is 0 Å². The Morgan fingerprint density at radius 2 is 0.756 bits per heavy atom. The van der Waals surface area contributed by atoms with Gasteiger partial charge in [0.2, 0.25) is 12.3 Å². The minimum Gasteiger partial charge on any atom is -0.287 e. The fourth-order valence-corrected chi connectivity index (χ4v) is 8.61. The third kappa shape index (κ3) is 14.9. The summed E-state index contributed by atoms with van der Waals surface area (Å²) in [6.45, 7) is 0.217. The van der Waals surface area contributed by atoms with E-state index in [-0.39, 0.29) is 18.0 Å². The maximum absolute atomic E-state index is 14.2. The van der Waals surface area contributed by atoms with Crippen molar-refractivity contribution < 1.29 is 120 Å². The summed E-state index contributed by atoms with van der Waals surface area (Å²) in [6.07, 6.45) is -49.2. The molecule has 7 rings (SSSR count). The fourth-order valence-electron chi connectivity index (χ4n) is 8.61. The molecule has 0 saturated heterocycles. The van der Waals surface area contributed by atoms with Crippen molar-refractivity contribution in [2.45, 2.75) is 62.4 Å². The number of carbonyl (C=O) groups is 1. The van der Waals surface area contributed by atoms with Gasteiger partial charge in [0.05, 0.1) is 55.6 Å². The van der Waals surface area contributed by atoms with Crippen LogP contribution in [-0.2, 0) is 62.4 Å². The highest BCUT2D eigenvalue weighted by atomic mass is 19.4. The van der Waals surface area contributed by atoms with Gasteiger partial charge in [-0.05, 0) is 29.8 Å². The topological polar surface area (TPSA) is 77.0 Å². The molecule has 0 saturated carbocycles. The van der Waals surface area contributed by atoms with Crippen LogP contribution < -0.4 is 26.4 Å². The van der Waals surface area contributed by atoms with Gasteiger partial charge in [-0.25, -0.2) is 4.98 Å². The van der Waals surface area contributed by atoms with Gasteiger partial charge in [0.15, 0.2) is 12.4 Å². The molecule has 0 radical (unpaired) electrons. The van der Waals surface area contributed by atoms with E-state index in [9.17, 15) is 120 Å². The third-order valence-electron chi connectivity index (χ3n) is 12.2. The number of nitro benzene ring substituents is 1. The molecule has 0 aliphatic heterocycles. The molecule has 0 aliphatic carbocycles. The first-order valence-electron chi connectivity index (χ1n) is 22.4. The molecule has 1 heterocycles. The van der Waals surface area contributed by atoms with Crippen LogP contribution in [0.4, 0.5) is 111 Å². The quantitative estimate of drug-likeness (QED) is 0.0341. The highest BCUT2D eigenvalue weighted by molar-refractivity contribution is 7.20. The third-order valence-corrected chi connectivity index (χ3v) is 12.2. The second-order valence-corrected chi connectivity index (χ2v) is 17.8. The van der Waals surface area contributed by atoms with Gasteiger partial charge in [-0.1, -0.05) is 91.0 Å². The van der Waals surface area contributed by atoms with E-state index in [1.165, 1.54) is 12.1 Å². The van der Waals surface area contributed by atoms with Crippen molar-refractivity contribution in [1.82, 2.24) is 4.98 Å². The number of alkyl halides is 24. The summed E-state index contributed by atoms with van der Waals surface area (Å²) in [4.78, 5) is 27.0. The molecule has 6 nitrogen and oxygen atoms in total. The molecule has 0 amide bonds. The summed E-state index contributed by atoms with van der Waals surface area (Å²) in [5.41, 5.74) is -27.9. The summed E-state index contributed by atoms with van der Waals surface area (Å²) in [5.74, 6) is 0.0121. The Balaban J connectivity index is 0.000000357. The van der Waals surface area contributed by atoms with Crippen LogP contribution in [0.5, 0.6) is 0 Å². The molecule has 82 heavy (non-hydrogen) atoms. The highest BCUT2D eigenvalue weighted by Gasteiger charge is 2.47. The van der Waals surface area contributed by atoms with Gasteiger partial charge in [0.25, 0.3) is 5.69 Å². The number of hydrogen-bond donors (Lipinski definition) is 0. The highest BCUT2D eigenvalue weighted by Crippen LogP contribution is 2.41. The number of aromatic nitrogens is 2. The molecular formula is C51H28BF24N3O3. The predicted octanol–water partition coefficient (Wildman–Crippen LogP) is 14.0. The zero-order valence-electron chi connectivity index (χ0n) is 40.0. The van der Waals surface area contributed by atoms with E-state index in [1.54, 1.807) is 41.4 Å². The number of rotatable bonds is 10. The number of Topliss-reactive ketones (excluding diaryl/α,β-unsaturated/α-hetero) is 1. The van der Waals surface area contributed by atoms with E-state index in [1.807, 2.05) is 24.3 Å². The van der Waals surface area contributed by atoms with E-state index >= 15 is 0 Å². The van der Waals surface area contributed by atoms with Crippen LogP contribution in [0.1, 0.15) is 66.1 Å². The molecule has 0 spiro atoms. The second kappa shape index (κ2) is 22.3. The molecule has 0 bridgehead atoms. The Morgan fingerprint density at radius 3 is 1.05 bits per heavy atom. The Hall–Kier alpha value is -8.15. The number of ketones is 1. The number of hydrogen-bond acceptors (Lipinski definition) is 4. The minimum atomic E-state index is -6.13. The van der Waals surface area contributed by atoms with E-state index in [2.05, 4.69) is 4.98 Å². The molecule has 436 valence electrons. The maximum atomic E-state index is 14.2. The number of benzene rings is 6. The van der Waals surface area contributed by atoms with Gasteiger partial charge in [-0.15, -0.1) is 0 Å². The smallest absolute Gasteiger partial charge is 0.287 e. The van der Waals surface area contributed by atoms with E-state index in [0.717, 1.165) is 11.3 Å². The van der Waals surface area contributed by atoms with Gasteiger partial charge >= 0.3 is 49.4 Å². The monoisotopic (exact) mass is 1200 g/mol. The SMILES string of the molecule is FC(F)(F)c1cc([B-](c2cc(C(F)(F)F)cc(C(F)(F)F)c2)(c2cc(C(F)(F)F)cc(C(F)(F)F)c2)c2cc(C(F)(F)F)cc(C(F)(F)F)c2)cc(C(F)(F)F)c1.O=C(C[n+]1ccnc(Cc2cccc([N+](=O)[O-])c2)c1)c1ccccc1. The van der Waals surface area contributed by atoms with Crippen molar-refractivity contribution in [3.63, 3.8) is 0 Å². The molecule has 6 aromatic carbocycles. The Morgan fingerprint density at radius 1 is 0.439 bits per heavy atom. The average Bonchev–Trinajstić information content (AvgIpc) is 2.78. The fraction of sp³-hybridized carbons (Fsp3) is 0.196. The Labute approximate surface area is 443 Å². The summed E-state index contributed by atoms with van der Waals surface area (Å²) >= 11 is 0. The molecule has 31 heteroatoms. The first-order chi connectivity index (χ1) is 37.4. The van der Waals surface area contributed by atoms with Crippen molar-refractivity contribution in [3.05, 3.63) is 217 Å². The molecule has 0 atom stereocenters. The summed E-state index contributed by atoms with van der Waals surface area (Å²) < 4.78 is 343. The second-order valence-electron chi connectivity index (χ2n) is 17.8. The van der Waals surface area contributed by atoms with Crippen LogP contribution in [0.15, 0.2) is 146 Å². The van der Waals surface area contributed by atoms with Crippen molar-refractivity contribution in [2.75, 3.05) is 0 Å². The number of nitrogens with zero attached hydrogens (tertiary/aromatic N) is 3. The minimum absolute atomic E-state index is 0.0121. The summed E-state index contributed by atoms with van der Waals surface area (Å²) in [6, 6.07) is 6.76. The van der Waals surface area contributed by atoms with E-state index in [4.69, 9.17) is 0 Å². The number of nitro groups is 1. The number of non-ortho nitro benzene ring substituents is 1. The van der Waals surface area contributed by atoms with Crippen molar-refractivity contribution in [1.29, 1.82) is 0 Å².